The van der Waals surface area contributed by atoms with Crippen LogP contribution in [0.1, 0.15) is 38.8 Å². The zero-order chi connectivity index (χ0) is 15.6. The number of hydrogen-bond acceptors (Lipinski definition) is 3. The highest BCUT2D eigenvalue weighted by Gasteiger charge is 2.33. The summed E-state index contributed by atoms with van der Waals surface area (Å²) in [7, 11) is 0. The lowest BCUT2D eigenvalue weighted by atomic mass is 9.93. The van der Waals surface area contributed by atoms with Gasteiger partial charge in [-0.2, -0.15) is 0 Å². The van der Waals surface area contributed by atoms with E-state index in [4.69, 9.17) is 10.5 Å². The summed E-state index contributed by atoms with van der Waals surface area (Å²) in [4.78, 5) is 13.7. The van der Waals surface area contributed by atoms with E-state index >= 15 is 0 Å². The number of halogens is 1. The number of nitrogens with two attached hydrogens (primary N) is 1. The van der Waals surface area contributed by atoms with Crippen molar-refractivity contribution >= 4 is 6.09 Å². The molecule has 1 saturated heterocycles. The largest absolute Gasteiger partial charge is 0.444 e. The van der Waals surface area contributed by atoms with Gasteiger partial charge in [0, 0.05) is 19.1 Å². The Morgan fingerprint density at radius 2 is 2.00 bits per heavy atom. The van der Waals surface area contributed by atoms with E-state index in [1.807, 2.05) is 20.8 Å². The van der Waals surface area contributed by atoms with Crippen molar-refractivity contribution in [1.82, 2.24) is 4.90 Å². The number of rotatable bonds is 2. The molecule has 1 fully saturated rings. The summed E-state index contributed by atoms with van der Waals surface area (Å²) < 4.78 is 18.3. The van der Waals surface area contributed by atoms with Gasteiger partial charge >= 0.3 is 6.09 Å². The van der Waals surface area contributed by atoms with Gasteiger partial charge < -0.3 is 15.4 Å². The molecule has 2 unspecified atom stereocenters. The normalized spacial score (nSPS) is 20.4. The summed E-state index contributed by atoms with van der Waals surface area (Å²) in [6.07, 6.45) is 0.536. The quantitative estimate of drug-likeness (QED) is 0.912. The Morgan fingerprint density at radius 1 is 1.38 bits per heavy atom. The van der Waals surface area contributed by atoms with Crippen molar-refractivity contribution in [2.75, 3.05) is 13.1 Å². The van der Waals surface area contributed by atoms with Gasteiger partial charge in [-0.15, -0.1) is 0 Å². The molecule has 1 amide bonds. The molecule has 1 aliphatic rings. The molecule has 0 aromatic heterocycles. The molecular weight excluding hydrogens is 271 g/mol. The summed E-state index contributed by atoms with van der Waals surface area (Å²) in [5, 5.41) is 0. The number of carbonyl (C=O) groups excluding carboxylic acids is 1. The lowest BCUT2D eigenvalue weighted by Crippen LogP contribution is -2.36. The minimum Gasteiger partial charge on any atom is -0.444 e. The molecule has 116 valence electrons. The number of ether oxygens (including phenoxy) is 1. The van der Waals surface area contributed by atoms with Crippen molar-refractivity contribution in [3.63, 3.8) is 0 Å². The Bertz CT molecular complexity index is 496. The molecule has 0 bridgehead atoms. The first-order chi connectivity index (χ1) is 9.76. The fraction of sp³-hybridized carbons (Fsp3) is 0.562. The zero-order valence-corrected chi connectivity index (χ0v) is 12.8. The van der Waals surface area contributed by atoms with Crippen molar-refractivity contribution in [3.8, 4) is 0 Å². The van der Waals surface area contributed by atoms with Gasteiger partial charge in [0.05, 0.1) is 0 Å². The number of nitrogens with zero attached hydrogens (tertiary/aromatic N) is 1. The predicted octanol–water partition coefficient (Wildman–Crippen LogP) is 3.08. The Kier molecular flexibility index (Phi) is 4.52. The third kappa shape index (κ3) is 4.17. The fourth-order valence-electron chi connectivity index (χ4n) is 2.53. The molecule has 0 saturated carbocycles. The van der Waals surface area contributed by atoms with Crippen LogP contribution in [0.15, 0.2) is 24.3 Å². The van der Waals surface area contributed by atoms with Crippen LogP contribution in [0.2, 0.25) is 0 Å². The second-order valence-electron chi connectivity index (χ2n) is 6.55. The van der Waals surface area contributed by atoms with Gasteiger partial charge in [-0.3, -0.25) is 0 Å². The van der Waals surface area contributed by atoms with E-state index in [-0.39, 0.29) is 23.9 Å². The third-order valence-corrected chi connectivity index (χ3v) is 3.64. The van der Waals surface area contributed by atoms with Gasteiger partial charge in [0.15, 0.2) is 0 Å². The van der Waals surface area contributed by atoms with Gasteiger partial charge in [-0.25, -0.2) is 9.18 Å². The molecule has 1 heterocycles. The highest BCUT2D eigenvalue weighted by Crippen LogP contribution is 2.29. The number of likely N-dealkylation sites (tertiary alicyclic amines) is 1. The van der Waals surface area contributed by atoms with Crippen LogP contribution in [0.4, 0.5) is 9.18 Å². The summed E-state index contributed by atoms with van der Waals surface area (Å²) in [5.41, 5.74) is 6.64. The van der Waals surface area contributed by atoms with Crippen LogP contribution in [-0.4, -0.2) is 29.7 Å². The summed E-state index contributed by atoms with van der Waals surface area (Å²) >= 11 is 0. The van der Waals surface area contributed by atoms with Gasteiger partial charge in [-0.1, -0.05) is 12.1 Å². The van der Waals surface area contributed by atoms with E-state index in [9.17, 15) is 9.18 Å². The molecule has 1 aliphatic heterocycles. The number of carbonyl (C=O) groups is 1. The van der Waals surface area contributed by atoms with Gasteiger partial charge in [0.2, 0.25) is 0 Å². The molecule has 5 heteroatoms. The van der Waals surface area contributed by atoms with Crippen molar-refractivity contribution in [1.29, 1.82) is 0 Å². The summed E-state index contributed by atoms with van der Waals surface area (Å²) in [6.45, 7) is 6.77. The SMILES string of the molecule is CC(C)(C)OC(=O)N1CCC(C(N)c2ccc(F)cc2)C1. The maximum atomic E-state index is 12.9. The lowest BCUT2D eigenvalue weighted by molar-refractivity contribution is 0.0286. The van der Waals surface area contributed by atoms with E-state index in [0.717, 1.165) is 12.0 Å². The Labute approximate surface area is 125 Å². The number of hydrogen-bond donors (Lipinski definition) is 1. The predicted molar refractivity (Wildman–Crippen MR) is 79.2 cm³/mol. The highest BCUT2D eigenvalue weighted by atomic mass is 19.1. The minimum atomic E-state index is -0.492. The van der Waals surface area contributed by atoms with Crippen LogP contribution in [0.5, 0.6) is 0 Å². The molecule has 0 aliphatic carbocycles. The van der Waals surface area contributed by atoms with Crippen LogP contribution < -0.4 is 5.73 Å². The van der Waals surface area contributed by atoms with E-state index < -0.39 is 5.60 Å². The molecule has 2 N–H and O–H groups in total. The first-order valence-corrected chi connectivity index (χ1v) is 7.25. The third-order valence-electron chi connectivity index (χ3n) is 3.64. The van der Waals surface area contributed by atoms with Crippen LogP contribution in [0.3, 0.4) is 0 Å². The monoisotopic (exact) mass is 294 g/mol. The topological polar surface area (TPSA) is 55.6 Å². The van der Waals surface area contributed by atoms with E-state index in [0.29, 0.717) is 13.1 Å². The molecule has 2 rings (SSSR count). The maximum absolute atomic E-state index is 12.9. The van der Waals surface area contributed by atoms with E-state index in [1.54, 1.807) is 17.0 Å². The van der Waals surface area contributed by atoms with E-state index in [1.165, 1.54) is 12.1 Å². The smallest absolute Gasteiger partial charge is 0.410 e. The molecule has 1 aromatic carbocycles. The highest BCUT2D eigenvalue weighted by molar-refractivity contribution is 5.68. The van der Waals surface area contributed by atoms with Crippen molar-refractivity contribution < 1.29 is 13.9 Å². The number of amides is 1. The lowest BCUT2D eigenvalue weighted by Gasteiger charge is -2.25. The van der Waals surface area contributed by atoms with E-state index in [2.05, 4.69) is 0 Å². The summed E-state index contributed by atoms with van der Waals surface area (Å²) in [6, 6.07) is 6.04. The molecule has 0 spiro atoms. The molecule has 0 radical (unpaired) electrons. The second-order valence-corrected chi connectivity index (χ2v) is 6.55. The molecular formula is C16H23FN2O2. The Hall–Kier alpha value is -1.62. The second kappa shape index (κ2) is 6.02. The van der Waals surface area contributed by atoms with Crippen molar-refractivity contribution in [2.45, 2.75) is 38.8 Å². The van der Waals surface area contributed by atoms with Crippen molar-refractivity contribution in [2.24, 2.45) is 11.7 Å². The minimum absolute atomic E-state index is 0.169. The van der Waals surface area contributed by atoms with Crippen LogP contribution in [0.25, 0.3) is 0 Å². The average molecular weight is 294 g/mol. The first-order valence-electron chi connectivity index (χ1n) is 7.25. The molecule has 21 heavy (non-hydrogen) atoms. The Morgan fingerprint density at radius 3 is 2.57 bits per heavy atom. The van der Waals surface area contributed by atoms with Crippen LogP contribution in [-0.2, 0) is 4.74 Å². The van der Waals surface area contributed by atoms with Gasteiger partial charge in [0.25, 0.3) is 0 Å². The van der Waals surface area contributed by atoms with Gasteiger partial charge in [0.1, 0.15) is 11.4 Å². The number of benzene rings is 1. The average Bonchev–Trinajstić information content (AvgIpc) is 2.86. The van der Waals surface area contributed by atoms with Crippen molar-refractivity contribution in [3.05, 3.63) is 35.6 Å². The molecule has 2 atom stereocenters. The Balaban J connectivity index is 1.95. The molecule has 1 aromatic rings. The van der Waals surface area contributed by atoms with Crippen LogP contribution >= 0.6 is 0 Å². The standard InChI is InChI=1S/C16H23FN2O2/c1-16(2,3)21-15(20)19-9-8-12(10-19)14(18)11-4-6-13(17)7-5-11/h4-7,12,14H,8-10,18H2,1-3H3. The summed E-state index contributed by atoms with van der Waals surface area (Å²) in [5.74, 6) is -0.101. The molecule has 4 nitrogen and oxygen atoms in total. The maximum Gasteiger partial charge on any atom is 0.410 e. The fourth-order valence-corrected chi connectivity index (χ4v) is 2.53. The first kappa shape index (κ1) is 15.8. The zero-order valence-electron chi connectivity index (χ0n) is 12.8. The van der Waals surface area contributed by atoms with Gasteiger partial charge in [-0.05, 0) is 50.8 Å². The van der Waals surface area contributed by atoms with Crippen LogP contribution in [0, 0.1) is 11.7 Å².